The van der Waals surface area contributed by atoms with Gasteiger partial charge < -0.3 is 10.6 Å². The van der Waals surface area contributed by atoms with E-state index in [1.165, 1.54) is 11.3 Å². The summed E-state index contributed by atoms with van der Waals surface area (Å²) in [6.07, 6.45) is 10.6. The Morgan fingerprint density at radius 3 is 2.73 bits per heavy atom. The van der Waals surface area contributed by atoms with E-state index in [0.29, 0.717) is 16.7 Å². The first-order valence-electron chi connectivity index (χ1n) is 10.3. The number of carbonyl (C=O) groups is 2. The highest BCUT2D eigenvalue weighted by Crippen LogP contribution is 2.30. The summed E-state index contributed by atoms with van der Waals surface area (Å²) in [7, 11) is 0. The van der Waals surface area contributed by atoms with Crippen LogP contribution in [0.15, 0.2) is 36.8 Å². The molecule has 0 saturated heterocycles. The Morgan fingerprint density at radius 1 is 1.17 bits per heavy atom. The maximum Gasteiger partial charge on any atom is 0.251 e. The van der Waals surface area contributed by atoms with Crippen molar-refractivity contribution in [3.8, 4) is 16.1 Å². The maximum atomic E-state index is 12.4. The van der Waals surface area contributed by atoms with Crippen LogP contribution in [-0.4, -0.2) is 32.6 Å². The fraction of sp³-hybridized carbons (Fsp3) is 0.364. The largest absolute Gasteiger partial charge is 0.349 e. The summed E-state index contributed by atoms with van der Waals surface area (Å²) < 4.78 is 1.75. The van der Waals surface area contributed by atoms with Gasteiger partial charge in [0.15, 0.2) is 5.13 Å². The van der Waals surface area contributed by atoms with E-state index in [9.17, 15) is 9.59 Å². The lowest BCUT2D eigenvalue weighted by Crippen LogP contribution is -2.27. The van der Waals surface area contributed by atoms with Gasteiger partial charge in [0.05, 0.1) is 12.4 Å². The predicted octanol–water partition coefficient (Wildman–Crippen LogP) is 3.94. The van der Waals surface area contributed by atoms with Crippen molar-refractivity contribution in [3.63, 3.8) is 0 Å². The minimum atomic E-state index is -0.0274. The van der Waals surface area contributed by atoms with Crippen molar-refractivity contribution >= 4 is 28.3 Å². The Labute approximate surface area is 178 Å². The highest BCUT2D eigenvalue weighted by atomic mass is 32.1. The van der Waals surface area contributed by atoms with E-state index in [1.807, 2.05) is 31.3 Å². The van der Waals surface area contributed by atoms with Gasteiger partial charge in [0, 0.05) is 29.3 Å². The zero-order valence-electron chi connectivity index (χ0n) is 16.7. The van der Waals surface area contributed by atoms with Crippen LogP contribution in [0.4, 0.5) is 5.13 Å². The molecular formula is C22H23N5O2S. The van der Waals surface area contributed by atoms with Gasteiger partial charge in [0.2, 0.25) is 5.91 Å². The highest BCUT2D eigenvalue weighted by molar-refractivity contribution is 7.18. The van der Waals surface area contributed by atoms with Gasteiger partial charge in [-0.2, -0.15) is 5.10 Å². The minimum absolute atomic E-state index is 0.0274. The van der Waals surface area contributed by atoms with Crippen LogP contribution in [0.5, 0.6) is 0 Å². The van der Waals surface area contributed by atoms with Crippen molar-refractivity contribution in [1.29, 1.82) is 0 Å². The first kappa shape index (κ1) is 19.0. The van der Waals surface area contributed by atoms with E-state index in [2.05, 4.69) is 20.7 Å². The number of carbonyl (C=O) groups excluding carboxylic acids is 2. The number of hydrogen-bond donors (Lipinski definition) is 2. The third kappa shape index (κ3) is 3.87. The molecule has 154 valence electrons. The lowest BCUT2D eigenvalue weighted by atomic mass is 9.85. The second-order valence-electron chi connectivity index (χ2n) is 8.07. The molecule has 2 aliphatic rings. The Bertz CT molecular complexity index is 1110. The van der Waals surface area contributed by atoms with Gasteiger partial charge in [0.1, 0.15) is 5.00 Å². The van der Waals surface area contributed by atoms with Gasteiger partial charge in [-0.05, 0) is 55.9 Å². The summed E-state index contributed by atoms with van der Waals surface area (Å²) in [6.45, 7) is 2.02. The lowest BCUT2D eigenvalue weighted by Gasteiger charge is -2.23. The number of rotatable bonds is 6. The highest BCUT2D eigenvalue weighted by Gasteiger charge is 2.26. The lowest BCUT2D eigenvalue weighted by molar-refractivity contribution is -0.122. The van der Waals surface area contributed by atoms with E-state index in [4.69, 9.17) is 0 Å². The van der Waals surface area contributed by atoms with Gasteiger partial charge >= 0.3 is 0 Å². The summed E-state index contributed by atoms with van der Waals surface area (Å²) in [4.78, 5) is 28.8. The van der Waals surface area contributed by atoms with Crippen LogP contribution < -0.4 is 10.6 Å². The third-order valence-electron chi connectivity index (χ3n) is 5.73. The van der Waals surface area contributed by atoms with Gasteiger partial charge in [-0.3, -0.25) is 9.59 Å². The number of hydrogen-bond acceptors (Lipinski definition) is 5. The van der Waals surface area contributed by atoms with Crippen molar-refractivity contribution in [3.05, 3.63) is 47.9 Å². The molecule has 2 amide bonds. The summed E-state index contributed by atoms with van der Waals surface area (Å²) >= 11 is 1.39. The second-order valence-corrected chi connectivity index (χ2v) is 9.08. The molecule has 2 fully saturated rings. The van der Waals surface area contributed by atoms with Gasteiger partial charge in [0.25, 0.3) is 5.91 Å². The first-order valence-corrected chi connectivity index (χ1v) is 11.1. The molecule has 3 aromatic rings. The number of thiazole rings is 1. The molecule has 0 radical (unpaired) electrons. The SMILES string of the molecule is Cc1ccc(C(=O)NC2CC2)cc1-c1cnn(-c2cnc(NC(=O)C3CCC3)s2)c1. The summed E-state index contributed by atoms with van der Waals surface area (Å²) in [5.41, 5.74) is 3.65. The topological polar surface area (TPSA) is 88.9 Å². The number of benzene rings is 1. The molecule has 30 heavy (non-hydrogen) atoms. The van der Waals surface area contributed by atoms with Gasteiger partial charge in [-0.1, -0.05) is 23.8 Å². The van der Waals surface area contributed by atoms with E-state index < -0.39 is 0 Å². The molecule has 0 bridgehead atoms. The molecule has 2 aliphatic carbocycles. The molecule has 1 aromatic carbocycles. The van der Waals surface area contributed by atoms with E-state index in [1.54, 1.807) is 17.1 Å². The first-order chi connectivity index (χ1) is 14.6. The van der Waals surface area contributed by atoms with Crippen molar-refractivity contribution in [2.75, 3.05) is 5.32 Å². The zero-order chi connectivity index (χ0) is 20.7. The van der Waals surface area contributed by atoms with Crippen LogP contribution in [0, 0.1) is 12.8 Å². The van der Waals surface area contributed by atoms with E-state index in [-0.39, 0.29) is 17.7 Å². The summed E-state index contributed by atoms with van der Waals surface area (Å²) in [5.74, 6) is 0.154. The molecule has 0 aliphatic heterocycles. The van der Waals surface area contributed by atoms with E-state index in [0.717, 1.165) is 53.8 Å². The number of aryl methyl sites for hydroxylation is 1. The molecule has 2 N–H and O–H groups in total. The van der Waals surface area contributed by atoms with Gasteiger partial charge in [-0.25, -0.2) is 9.67 Å². The molecule has 5 rings (SSSR count). The maximum absolute atomic E-state index is 12.4. The molecule has 7 nitrogen and oxygen atoms in total. The Morgan fingerprint density at radius 2 is 2.00 bits per heavy atom. The third-order valence-corrected chi connectivity index (χ3v) is 6.63. The number of anilines is 1. The molecule has 8 heteroatoms. The Kier molecular flexibility index (Phi) is 4.86. The van der Waals surface area contributed by atoms with Crippen LogP contribution in [0.1, 0.15) is 48.0 Å². The second kappa shape index (κ2) is 7.68. The number of nitrogens with one attached hydrogen (secondary N) is 2. The Balaban J connectivity index is 1.34. The fourth-order valence-electron chi connectivity index (χ4n) is 3.46. The smallest absolute Gasteiger partial charge is 0.251 e. The molecule has 2 heterocycles. The predicted molar refractivity (Wildman–Crippen MR) is 116 cm³/mol. The number of aromatic nitrogens is 3. The number of nitrogens with zero attached hydrogens (tertiary/aromatic N) is 3. The molecule has 0 spiro atoms. The van der Waals surface area contributed by atoms with Gasteiger partial charge in [-0.15, -0.1) is 0 Å². The summed E-state index contributed by atoms with van der Waals surface area (Å²) in [6, 6.07) is 6.08. The zero-order valence-corrected chi connectivity index (χ0v) is 17.5. The van der Waals surface area contributed by atoms with Crippen LogP contribution >= 0.6 is 11.3 Å². The van der Waals surface area contributed by atoms with Crippen LogP contribution in [0.2, 0.25) is 0 Å². The van der Waals surface area contributed by atoms with Crippen molar-refractivity contribution in [1.82, 2.24) is 20.1 Å². The molecule has 0 atom stereocenters. The molecule has 2 saturated carbocycles. The normalized spacial score (nSPS) is 16.2. The fourth-order valence-corrected chi connectivity index (χ4v) is 4.21. The average Bonchev–Trinajstić information content (AvgIpc) is 3.16. The minimum Gasteiger partial charge on any atom is -0.349 e. The Hall–Kier alpha value is -3.00. The van der Waals surface area contributed by atoms with Crippen LogP contribution in [0.3, 0.4) is 0 Å². The van der Waals surface area contributed by atoms with Crippen molar-refractivity contribution in [2.45, 2.75) is 45.1 Å². The summed E-state index contributed by atoms with van der Waals surface area (Å²) in [5, 5.41) is 11.8. The molecular weight excluding hydrogens is 398 g/mol. The number of amides is 2. The molecule has 2 aromatic heterocycles. The van der Waals surface area contributed by atoms with Crippen molar-refractivity contribution in [2.24, 2.45) is 5.92 Å². The van der Waals surface area contributed by atoms with E-state index >= 15 is 0 Å². The van der Waals surface area contributed by atoms with Crippen LogP contribution in [-0.2, 0) is 4.79 Å². The van der Waals surface area contributed by atoms with Crippen molar-refractivity contribution < 1.29 is 9.59 Å². The average molecular weight is 422 g/mol. The molecule has 0 unspecified atom stereocenters. The quantitative estimate of drug-likeness (QED) is 0.631. The monoisotopic (exact) mass is 421 g/mol. The standard InChI is InChI=1S/C22H23N5O2S/c1-13-5-6-15(21(29)25-17-7-8-17)9-18(13)16-10-24-27(12-16)19-11-23-22(30-19)26-20(28)14-3-2-4-14/h5-6,9-12,14,17H,2-4,7-8H2,1H3,(H,25,29)(H,23,26,28). The van der Waals surface area contributed by atoms with Crippen LogP contribution in [0.25, 0.3) is 16.1 Å².